The molecular formula is C15H27NO8. The molecule has 0 saturated carbocycles. The molecular weight excluding hydrogens is 322 g/mol. The zero-order chi connectivity index (χ0) is 18.0. The number of aliphatic hydroxyl groups is 1. The van der Waals surface area contributed by atoms with E-state index in [2.05, 4.69) is 11.9 Å². The Morgan fingerprint density at radius 2 is 1.42 bits per heavy atom. The maximum absolute atomic E-state index is 11.3. The average molecular weight is 349 g/mol. The van der Waals surface area contributed by atoms with Crippen LogP contribution in [0, 0.1) is 0 Å². The van der Waals surface area contributed by atoms with Crippen molar-refractivity contribution in [1.29, 1.82) is 0 Å². The maximum Gasteiger partial charge on any atom is 0.407 e. The number of carbonyl (C=O) groups excluding carboxylic acids is 2. The number of nitrogens with one attached hydrogen (secondary N) is 1. The van der Waals surface area contributed by atoms with Crippen molar-refractivity contribution in [3.8, 4) is 0 Å². The van der Waals surface area contributed by atoms with Gasteiger partial charge in [-0.1, -0.05) is 6.58 Å². The van der Waals surface area contributed by atoms with Crippen LogP contribution >= 0.6 is 0 Å². The molecule has 0 aromatic rings. The van der Waals surface area contributed by atoms with E-state index in [1.165, 1.54) is 0 Å². The highest BCUT2D eigenvalue weighted by atomic mass is 16.6. The number of alkyl carbamates (subject to hydrolysis) is 1. The number of carbonyl (C=O) groups is 2. The largest absolute Gasteiger partial charge is 0.460 e. The van der Waals surface area contributed by atoms with Crippen LogP contribution in [0.25, 0.3) is 0 Å². The maximum atomic E-state index is 11.3. The van der Waals surface area contributed by atoms with Crippen molar-refractivity contribution < 1.29 is 38.4 Å². The molecule has 0 spiro atoms. The highest BCUT2D eigenvalue weighted by Gasteiger charge is 2.03. The van der Waals surface area contributed by atoms with Gasteiger partial charge in [0.1, 0.15) is 13.2 Å². The minimum atomic E-state index is -0.563. The number of esters is 1. The molecule has 24 heavy (non-hydrogen) atoms. The lowest BCUT2D eigenvalue weighted by Crippen LogP contribution is -2.29. The molecule has 0 aliphatic heterocycles. The highest BCUT2D eigenvalue weighted by Crippen LogP contribution is 1.91. The van der Waals surface area contributed by atoms with Gasteiger partial charge in [-0.05, 0) is 6.92 Å². The summed E-state index contributed by atoms with van der Waals surface area (Å²) in [6, 6.07) is 0. The molecule has 0 aromatic heterocycles. The van der Waals surface area contributed by atoms with Crippen molar-refractivity contribution in [2.45, 2.75) is 6.92 Å². The van der Waals surface area contributed by atoms with Gasteiger partial charge in [0, 0.05) is 12.1 Å². The molecule has 0 bridgehead atoms. The Bertz CT molecular complexity index is 361. The number of hydrogen-bond acceptors (Lipinski definition) is 8. The summed E-state index contributed by atoms with van der Waals surface area (Å²) in [5.41, 5.74) is 0.334. The minimum absolute atomic E-state index is 0.0212. The minimum Gasteiger partial charge on any atom is -0.460 e. The predicted molar refractivity (Wildman–Crippen MR) is 84.7 cm³/mol. The second-order valence-corrected chi connectivity index (χ2v) is 4.54. The van der Waals surface area contributed by atoms with E-state index >= 15 is 0 Å². The zero-order valence-electron chi connectivity index (χ0n) is 14.1. The van der Waals surface area contributed by atoms with Crippen molar-refractivity contribution in [3.05, 3.63) is 12.2 Å². The Morgan fingerprint density at radius 3 is 2.04 bits per heavy atom. The van der Waals surface area contributed by atoms with Crippen molar-refractivity contribution in [2.24, 2.45) is 0 Å². The smallest absolute Gasteiger partial charge is 0.407 e. The van der Waals surface area contributed by atoms with E-state index < -0.39 is 12.1 Å². The van der Waals surface area contributed by atoms with E-state index in [9.17, 15) is 9.59 Å². The van der Waals surface area contributed by atoms with Gasteiger partial charge in [-0.2, -0.15) is 0 Å². The summed E-state index contributed by atoms with van der Waals surface area (Å²) in [6.07, 6.45) is -0.563. The fourth-order valence-electron chi connectivity index (χ4n) is 1.27. The third kappa shape index (κ3) is 15.2. The first-order chi connectivity index (χ1) is 11.6. The molecule has 0 rings (SSSR count). The van der Waals surface area contributed by atoms with Crippen LogP contribution in [0.5, 0.6) is 0 Å². The first-order valence-corrected chi connectivity index (χ1v) is 7.65. The first-order valence-electron chi connectivity index (χ1n) is 7.65. The SMILES string of the molecule is C=C(C)C(=O)OCCOCCNC(=O)OCCOCCOCCO. The van der Waals surface area contributed by atoms with E-state index in [0.717, 1.165) is 0 Å². The molecule has 0 heterocycles. The Hall–Kier alpha value is -1.68. The van der Waals surface area contributed by atoms with Crippen molar-refractivity contribution in [2.75, 3.05) is 66.0 Å². The summed E-state index contributed by atoms with van der Waals surface area (Å²) in [4.78, 5) is 22.3. The van der Waals surface area contributed by atoms with Crippen LogP contribution in [0.15, 0.2) is 12.2 Å². The van der Waals surface area contributed by atoms with Gasteiger partial charge < -0.3 is 34.1 Å². The summed E-state index contributed by atoms with van der Waals surface area (Å²) < 4.78 is 25.0. The van der Waals surface area contributed by atoms with E-state index in [1.54, 1.807) is 6.92 Å². The van der Waals surface area contributed by atoms with E-state index in [4.69, 9.17) is 28.8 Å². The number of amides is 1. The third-order valence-electron chi connectivity index (χ3n) is 2.39. The molecule has 0 unspecified atom stereocenters. The Balaban J connectivity index is 3.27. The molecule has 0 fully saturated rings. The van der Waals surface area contributed by atoms with E-state index in [1.807, 2.05) is 0 Å². The molecule has 9 heteroatoms. The molecule has 9 nitrogen and oxygen atoms in total. The average Bonchev–Trinajstić information content (AvgIpc) is 2.56. The molecule has 0 atom stereocenters. The fraction of sp³-hybridized carbons (Fsp3) is 0.733. The van der Waals surface area contributed by atoms with Crippen LogP contribution in [0.3, 0.4) is 0 Å². The van der Waals surface area contributed by atoms with E-state index in [0.29, 0.717) is 18.8 Å². The first kappa shape index (κ1) is 22.3. The second kappa shape index (κ2) is 16.2. The van der Waals surface area contributed by atoms with Gasteiger partial charge in [0.05, 0.1) is 46.2 Å². The van der Waals surface area contributed by atoms with Gasteiger partial charge in [-0.15, -0.1) is 0 Å². The molecule has 0 aliphatic carbocycles. The van der Waals surface area contributed by atoms with Crippen molar-refractivity contribution in [1.82, 2.24) is 5.32 Å². The molecule has 1 amide bonds. The standard InChI is InChI=1S/C15H27NO8/c1-13(2)14(18)23-11-9-20-5-3-16-15(19)24-12-10-22-8-7-21-6-4-17/h17H,1,3-12H2,2H3,(H,16,19). The summed E-state index contributed by atoms with van der Waals surface area (Å²) in [5, 5.41) is 11.0. The molecule has 0 aliphatic rings. The lowest BCUT2D eigenvalue weighted by molar-refractivity contribution is -0.140. The monoisotopic (exact) mass is 349 g/mol. The molecule has 0 radical (unpaired) electrons. The molecule has 0 aromatic carbocycles. The zero-order valence-corrected chi connectivity index (χ0v) is 14.1. The fourth-order valence-corrected chi connectivity index (χ4v) is 1.27. The topological polar surface area (TPSA) is 113 Å². The van der Waals surface area contributed by atoms with Crippen LogP contribution in [0.1, 0.15) is 6.92 Å². The van der Waals surface area contributed by atoms with E-state index in [-0.39, 0.29) is 52.8 Å². The highest BCUT2D eigenvalue weighted by molar-refractivity contribution is 5.86. The lowest BCUT2D eigenvalue weighted by atomic mass is 10.4. The number of aliphatic hydroxyl groups excluding tert-OH is 1. The Morgan fingerprint density at radius 1 is 0.875 bits per heavy atom. The number of ether oxygens (including phenoxy) is 5. The third-order valence-corrected chi connectivity index (χ3v) is 2.39. The van der Waals surface area contributed by atoms with Crippen LogP contribution in [0.2, 0.25) is 0 Å². The van der Waals surface area contributed by atoms with Gasteiger partial charge in [0.2, 0.25) is 0 Å². The molecule has 0 saturated heterocycles. The molecule has 2 N–H and O–H groups in total. The number of rotatable bonds is 15. The summed E-state index contributed by atoms with van der Waals surface area (Å²) in [6.45, 7) is 7.35. The van der Waals surface area contributed by atoms with Crippen molar-refractivity contribution in [3.63, 3.8) is 0 Å². The van der Waals surface area contributed by atoms with Crippen LogP contribution in [-0.4, -0.2) is 83.2 Å². The van der Waals surface area contributed by atoms with Crippen LogP contribution in [-0.2, 0) is 28.5 Å². The predicted octanol–water partition coefficient (Wildman–Crippen LogP) is -0.126. The van der Waals surface area contributed by atoms with Gasteiger partial charge in [0.25, 0.3) is 0 Å². The number of hydrogen-bond donors (Lipinski definition) is 2. The summed E-state index contributed by atoms with van der Waals surface area (Å²) in [7, 11) is 0. The van der Waals surface area contributed by atoms with Gasteiger partial charge in [0.15, 0.2) is 0 Å². The van der Waals surface area contributed by atoms with Crippen molar-refractivity contribution >= 4 is 12.1 Å². The second-order valence-electron chi connectivity index (χ2n) is 4.54. The quantitative estimate of drug-likeness (QED) is 0.239. The summed E-state index contributed by atoms with van der Waals surface area (Å²) >= 11 is 0. The van der Waals surface area contributed by atoms with Gasteiger partial charge >= 0.3 is 12.1 Å². The molecule has 140 valence electrons. The van der Waals surface area contributed by atoms with Gasteiger partial charge in [-0.25, -0.2) is 9.59 Å². The van der Waals surface area contributed by atoms with Crippen LogP contribution < -0.4 is 5.32 Å². The van der Waals surface area contributed by atoms with Crippen LogP contribution in [0.4, 0.5) is 4.79 Å². The normalized spacial score (nSPS) is 10.2. The lowest BCUT2D eigenvalue weighted by Gasteiger charge is -2.08. The van der Waals surface area contributed by atoms with Gasteiger partial charge in [-0.3, -0.25) is 0 Å². The Kier molecular flexibility index (Phi) is 15.1. The Labute approximate surface area is 141 Å². The summed E-state index contributed by atoms with van der Waals surface area (Å²) in [5.74, 6) is -0.456.